The molecule has 0 heterocycles. The van der Waals surface area contributed by atoms with E-state index in [4.69, 9.17) is 5.21 Å². The summed E-state index contributed by atoms with van der Waals surface area (Å²) >= 11 is 0. The van der Waals surface area contributed by atoms with Gasteiger partial charge in [-0.1, -0.05) is 29.4 Å². The van der Waals surface area contributed by atoms with Gasteiger partial charge in [-0.3, -0.25) is 0 Å². The summed E-state index contributed by atoms with van der Waals surface area (Å²) in [5, 5.41) is 11.9. The molecule has 1 aromatic rings. The second kappa shape index (κ2) is 2.97. The lowest BCUT2D eigenvalue weighted by Crippen LogP contribution is -2.13. The quantitative estimate of drug-likeness (QED) is 0.458. The van der Waals surface area contributed by atoms with Crippen LogP contribution < -0.4 is 0 Å². The van der Waals surface area contributed by atoms with Gasteiger partial charge in [0.1, 0.15) is 0 Å². The summed E-state index contributed by atoms with van der Waals surface area (Å²) < 4.78 is 0. The van der Waals surface area contributed by atoms with E-state index < -0.39 is 0 Å². The number of hydrogen-bond acceptors (Lipinski definition) is 2. The van der Waals surface area contributed by atoms with Gasteiger partial charge in [0.05, 0.1) is 5.71 Å². The number of fused-ring (bicyclic) bond motifs is 1. The molecule has 1 aliphatic carbocycles. The molecule has 0 unspecified atom stereocenters. The number of rotatable bonds is 0. The van der Waals surface area contributed by atoms with Crippen LogP contribution in [0.5, 0.6) is 0 Å². The van der Waals surface area contributed by atoms with Crippen molar-refractivity contribution in [1.29, 1.82) is 0 Å². The smallest absolute Gasteiger partial charge is 0.0617 e. The molecule has 0 bridgehead atoms. The average molecular weight is 161 g/mol. The summed E-state index contributed by atoms with van der Waals surface area (Å²) in [6.07, 6.45) is 2.72. The highest BCUT2D eigenvalue weighted by molar-refractivity contribution is 5.87. The van der Waals surface area contributed by atoms with E-state index in [1.165, 1.54) is 11.1 Å². The fourth-order valence-electron chi connectivity index (χ4n) is 1.65. The molecule has 1 aromatic carbocycles. The zero-order valence-electron chi connectivity index (χ0n) is 6.83. The molecule has 0 saturated carbocycles. The van der Waals surface area contributed by atoms with E-state index >= 15 is 0 Å². The highest BCUT2D eigenvalue weighted by Gasteiger charge is 2.12. The first-order valence-electron chi connectivity index (χ1n) is 4.17. The number of aryl methyl sites for hydroxylation is 1. The van der Waals surface area contributed by atoms with Crippen LogP contribution in [0.25, 0.3) is 0 Å². The summed E-state index contributed by atoms with van der Waals surface area (Å²) in [5.74, 6) is 0. The van der Waals surface area contributed by atoms with Crippen molar-refractivity contribution in [3.63, 3.8) is 0 Å². The molecule has 0 amide bonds. The van der Waals surface area contributed by atoms with Gasteiger partial charge in [-0.15, -0.1) is 0 Å². The maximum absolute atomic E-state index is 8.60. The topological polar surface area (TPSA) is 32.6 Å². The molecule has 0 fully saturated rings. The van der Waals surface area contributed by atoms with Crippen molar-refractivity contribution in [2.75, 3.05) is 0 Å². The van der Waals surface area contributed by atoms with E-state index in [-0.39, 0.29) is 0 Å². The van der Waals surface area contributed by atoms with Crippen LogP contribution >= 0.6 is 0 Å². The Morgan fingerprint density at radius 3 is 2.58 bits per heavy atom. The fraction of sp³-hybridized carbons (Fsp3) is 0.300. The lowest BCUT2D eigenvalue weighted by molar-refractivity contribution is 0.316. The predicted molar refractivity (Wildman–Crippen MR) is 47.7 cm³/mol. The normalized spacial score (nSPS) is 19.2. The van der Waals surface area contributed by atoms with Crippen molar-refractivity contribution < 1.29 is 5.21 Å². The van der Waals surface area contributed by atoms with Crippen LogP contribution in [-0.2, 0) is 12.8 Å². The Hall–Kier alpha value is -1.31. The summed E-state index contributed by atoms with van der Waals surface area (Å²) in [4.78, 5) is 0. The number of nitrogens with zero attached hydrogens (tertiary/aromatic N) is 1. The lowest BCUT2D eigenvalue weighted by atomic mass is 9.91. The molecule has 12 heavy (non-hydrogen) atoms. The minimum Gasteiger partial charge on any atom is -0.411 e. The maximum Gasteiger partial charge on any atom is 0.0617 e. The second-order valence-electron chi connectivity index (χ2n) is 3.11. The maximum atomic E-state index is 8.60. The van der Waals surface area contributed by atoms with E-state index in [0.29, 0.717) is 0 Å². The van der Waals surface area contributed by atoms with Gasteiger partial charge < -0.3 is 5.21 Å². The Balaban J connectivity index is 2.35. The molecule has 0 saturated heterocycles. The third-order valence-electron chi connectivity index (χ3n) is 2.34. The van der Waals surface area contributed by atoms with Gasteiger partial charge >= 0.3 is 0 Å². The number of oxime groups is 1. The van der Waals surface area contributed by atoms with E-state index in [2.05, 4.69) is 23.4 Å². The Morgan fingerprint density at radius 2 is 1.83 bits per heavy atom. The minimum absolute atomic E-state index is 0.812. The molecular weight excluding hydrogens is 150 g/mol. The molecule has 2 rings (SSSR count). The molecular formula is C10H11NO. The summed E-state index contributed by atoms with van der Waals surface area (Å²) in [6.45, 7) is 0. The van der Waals surface area contributed by atoms with Gasteiger partial charge in [0.2, 0.25) is 0 Å². The van der Waals surface area contributed by atoms with Gasteiger partial charge in [0.15, 0.2) is 0 Å². The highest BCUT2D eigenvalue weighted by atomic mass is 16.4. The van der Waals surface area contributed by atoms with Gasteiger partial charge in [0.25, 0.3) is 0 Å². The molecule has 2 nitrogen and oxygen atoms in total. The standard InChI is InChI=1S/C10H11NO/c12-11-10-6-5-8-3-1-2-4-9(8)7-10/h1-4,12H,5-7H2. The van der Waals surface area contributed by atoms with E-state index in [1.54, 1.807) is 0 Å². The van der Waals surface area contributed by atoms with Crippen molar-refractivity contribution in [2.24, 2.45) is 5.16 Å². The third-order valence-corrected chi connectivity index (χ3v) is 2.34. The average Bonchev–Trinajstić information content (AvgIpc) is 2.17. The van der Waals surface area contributed by atoms with Crippen molar-refractivity contribution in [1.82, 2.24) is 0 Å². The molecule has 0 atom stereocenters. The third kappa shape index (κ3) is 1.20. The van der Waals surface area contributed by atoms with Crippen LogP contribution in [0, 0.1) is 0 Å². The Kier molecular flexibility index (Phi) is 1.82. The van der Waals surface area contributed by atoms with Gasteiger partial charge in [0, 0.05) is 6.42 Å². The van der Waals surface area contributed by atoms with Crippen LogP contribution in [-0.4, -0.2) is 10.9 Å². The molecule has 62 valence electrons. The monoisotopic (exact) mass is 161 g/mol. The molecule has 0 spiro atoms. The SMILES string of the molecule is ON=C1CCc2ccccc2C1. The molecule has 0 aliphatic heterocycles. The zero-order valence-corrected chi connectivity index (χ0v) is 6.83. The molecule has 0 radical (unpaired) electrons. The van der Waals surface area contributed by atoms with Crippen LogP contribution in [0.15, 0.2) is 29.4 Å². The van der Waals surface area contributed by atoms with E-state index in [1.807, 2.05) is 6.07 Å². The van der Waals surface area contributed by atoms with Crippen LogP contribution in [0.2, 0.25) is 0 Å². The van der Waals surface area contributed by atoms with Gasteiger partial charge in [-0.25, -0.2) is 0 Å². The number of benzene rings is 1. The predicted octanol–water partition coefficient (Wildman–Crippen LogP) is 2.01. The second-order valence-corrected chi connectivity index (χ2v) is 3.11. The largest absolute Gasteiger partial charge is 0.411 e. The van der Waals surface area contributed by atoms with Crippen LogP contribution in [0.4, 0.5) is 0 Å². The van der Waals surface area contributed by atoms with Crippen LogP contribution in [0.3, 0.4) is 0 Å². The first kappa shape index (κ1) is 7.35. The minimum atomic E-state index is 0.812. The fourth-order valence-corrected chi connectivity index (χ4v) is 1.65. The van der Waals surface area contributed by atoms with Crippen LogP contribution in [0.1, 0.15) is 17.5 Å². The highest BCUT2D eigenvalue weighted by Crippen LogP contribution is 2.18. The van der Waals surface area contributed by atoms with Crippen molar-refractivity contribution >= 4 is 5.71 Å². The van der Waals surface area contributed by atoms with E-state index in [9.17, 15) is 0 Å². The zero-order chi connectivity index (χ0) is 8.39. The molecule has 2 heteroatoms. The Morgan fingerprint density at radius 1 is 1.08 bits per heavy atom. The van der Waals surface area contributed by atoms with Crippen molar-refractivity contribution in [3.8, 4) is 0 Å². The first-order valence-corrected chi connectivity index (χ1v) is 4.17. The molecule has 0 aromatic heterocycles. The summed E-state index contributed by atoms with van der Waals surface area (Å²) in [5.41, 5.74) is 3.59. The number of hydrogen-bond donors (Lipinski definition) is 1. The lowest BCUT2D eigenvalue weighted by Gasteiger charge is -2.15. The molecule has 1 aliphatic rings. The molecule has 1 N–H and O–H groups in total. The van der Waals surface area contributed by atoms with Gasteiger partial charge in [-0.2, -0.15) is 0 Å². The summed E-state index contributed by atoms with van der Waals surface area (Å²) in [6, 6.07) is 8.32. The Labute approximate surface area is 71.5 Å². The van der Waals surface area contributed by atoms with Crippen molar-refractivity contribution in [2.45, 2.75) is 19.3 Å². The van der Waals surface area contributed by atoms with E-state index in [0.717, 1.165) is 25.0 Å². The summed E-state index contributed by atoms with van der Waals surface area (Å²) in [7, 11) is 0. The first-order chi connectivity index (χ1) is 5.90. The van der Waals surface area contributed by atoms with Crippen molar-refractivity contribution in [3.05, 3.63) is 35.4 Å². The Bertz CT molecular complexity index is 317. The van der Waals surface area contributed by atoms with Gasteiger partial charge in [-0.05, 0) is 24.0 Å².